The first-order chi connectivity index (χ1) is 12.5. The van der Waals surface area contributed by atoms with Crippen molar-refractivity contribution in [3.8, 4) is 11.4 Å². The maximum atomic E-state index is 13.3. The highest BCUT2D eigenvalue weighted by molar-refractivity contribution is 6.04. The fraction of sp³-hybridized carbons (Fsp3) is 0.167. The zero-order chi connectivity index (χ0) is 18.3. The Morgan fingerprint density at radius 1 is 1.27 bits per heavy atom. The normalized spacial score (nSPS) is 15.6. The van der Waals surface area contributed by atoms with Crippen molar-refractivity contribution in [3.63, 3.8) is 0 Å². The minimum absolute atomic E-state index is 0.0812. The maximum absolute atomic E-state index is 13.3. The van der Waals surface area contributed by atoms with E-state index in [1.165, 1.54) is 16.9 Å². The molecule has 7 nitrogen and oxygen atoms in total. The third-order valence-corrected chi connectivity index (χ3v) is 4.31. The second-order valence-corrected chi connectivity index (χ2v) is 6.09. The van der Waals surface area contributed by atoms with E-state index in [0.29, 0.717) is 11.1 Å². The van der Waals surface area contributed by atoms with Crippen LogP contribution in [0.2, 0.25) is 0 Å². The molecular weight excluding hydrogens is 337 g/mol. The monoisotopic (exact) mass is 351 g/mol. The molecule has 2 aromatic carbocycles. The number of carbonyl (C=O) groups excluding carboxylic acids is 2. The van der Waals surface area contributed by atoms with Crippen molar-refractivity contribution < 1.29 is 14.0 Å². The van der Waals surface area contributed by atoms with Gasteiger partial charge in [0.15, 0.2) is 5.78 Å². The third kappa shape index (κ3) is 2.85. The van der Waals surface area contributed by atoms with Gasteiger partial charge < -0.3 is 5.32 Å². The van der Waals surface area contributed by atoms with Gasteiger partial charge in [-0.05, 0) is 48.0 Å². The van der Waals surface area contributed by atoms with Crippen molar-refractivity contribution in [1.82, 2.24) is 20.2 Å². The Balaban J connectivity index is 1.54. The lowest BCUT2D eigenvalue weighted by atomic mass is 9.99. The molecule has 26 heavy (non-hydrogen) atoms. The minimum Gasteiger partial charge on any atom is -0.325 e. The van der Waals surface area contributed by atoms with Crippen molar-refractivity contribution in [3.05, 3.63) is 59.4 Å². The van der Waals surface area contributed by atoms with E-state index in [4.69, 9.17) is 0 Å². The van der Waals surface area contributed by atoms with Gasteiger partial charge in [0.1, 0.15) is 12.4 Å². The van der Waals surface area contributed by atoms with E-state index >= 15 is 0 Å². The van der Waals surface area contributed by atoms with Crippen LogP contribution in [0, 0.1) is 5.82 Å². The Morgan fingerprint density at radius 2 is 2.12 bits per heavy atom. The summed E-state index contributed by atoms with van der Waals surface area (Å²) < 4.78 is 13.3. The number of fused-ring (bicyclic) bond motifs is 1. The Labute approximate surface area is 147 Å². The van der Waals surface area contributed by atoms with Gasteiger partial charge in [-0.15, -0.1) is 10.2 Å². The number of hydrogen-bond donors (Lipinski definition) is 1. The number of anilines is 1. The highest BCUT2D eigenvalue weighted by Gasteiger charge is 2.27. The molecule has 0 saturated heterocycles. The van der Waals surface area contributed by atoms with Crippen LogP contribution in [0.3, 0.4) is 0 Å². The average Bonchev–Trinajstić information content (AvgIpc) is 3.20. The predicted octanol–water partition coefficient (Wildman–Crippen LogP) is 2.42. The van der Waals surface area contributed by atoms with Gasteiger partial charge >= 0.3 is 0 Å². The number of tetrazole rings is 1. The number of rotatable bonds is 4. The first-order valence-electron chi connectivity index (χ1n) is 8.03. The van der Waals surface area contributed by atoms with Crippen LogP contribution in [-0.4, -0.2) is 31.9 Å². The van der Waals surface area contributed by atoms with E-state index < -0.39 is 5.82 Å². The molecule has 0 aliphatic carbocycles. The standard InChI is InChI=1S/C18H14FN5O2/c1-10-14-8-11(5-6-15(14)20-18(10)26)16(25)9-24-22-17(21-23-24)12-3-2-4-13(19)7-12/h2-8,10H,9H2,1H3,(H,20,26)/t10-/m0/s1. The number of ketones is 1. The predicted molar refractivity (Wildman–Crippen MR) is 91.0 cm³/mol. The number of amides is 1. The molecule has 4 rings (SSSR count). The van der Waals surface area contributed by atoms with Gasteiger partial charge in [0.05, 0.1) is 5.92 Å². The van der Waals surface area contributed by atoms with E-state index in [1.807, 2.05) is 0 Å². The van der Waals surface area contributed by atoms with Crippen molar-refractivity contribution >= 4 is 17.4 Å². The van der Waals surface area contributed by atoms with Gasteiger partial charge in [-0.3, -0.25) is 9.59 Å². The molecule has 130 valence electrons. The fourth-order valence-electron chi connectivity index (χ4n) is 2.86. The van der Waals surface area contributed by atoms with Crippen molar-refractivity contribution in [1.29, 1.82) is 0 Å². The summed E-state index contributed by atoms with van der Waals surface area (Å²) in [5.74, 6) is -0.730. The zero-order valence-electron chi connectivity index (χ0n) is 13.8. The molecule has 2 heterocycles. The lowest BCUT2D eigenvalue weighted by molar-refractivity contribution is -0.116. The third-order valence-electron chi connectivity index (χ3n) is 4.31. The molecule has 0 saturated carbocycles. The van der Waals surface area contributed by atoms with E-state index in [-0.39, 0.29) is 30.0 Å². The molecule has 0 fully saturated rings. The molecule has 0 bridgehead atoms. The molecule has 0 radical (unpaired) electrons. The summed E-state index contributed by atoms with van der Waals surface area (Å²) in [6, 6.07) is 10.9. The van der Waals surface area contributed by atoms with E-state index in [0.717, 1.165) is 11.3 Å². The summed E-state index contributed by atoms with van der Waals surface area (Å²) in [5.41, 5.74) is 2.48. The average molecular weight is 351 g/mol. The first-order valence-corrected chi connectivity index (χ1v) is 8.03. The highest BCUT2D eigenvalue weighted by Crippen LogP contribution is 2.32. The van der Waals surface area contributed by atoms with Gasteiger partial charge in [-0.25, -0.2) is 4.39 Å². The van der Waals surface area contributed by atoms with Gasteiger partial charge in [0, 0.05) is 16.8 Å². The highest BCUT2D eigenvalue weighted by atomic mass is 19.1. The number of nitrogens with zero attached hydrogens (tertiary/aromatic N) is 4. The molecule has 1 aromatic heterocycles. The molecular formula is C18H14FN5O2. The minimum atomic E-state index is -0.398. The Morgan fingerprint density at radius 3 is 2.92 bits per heavy atom. The summed E-state index contributed by atoms with van der Waals surface area (Å²) >= 11 is 0. The van der Waals surface area contributed by atoms with Gasteiger partial charge in [-0.2, -0.15) is 4.80 Å². The second kappa shape index (κ2) is 6.14. The summed E-state index contributed by atoms with van der Waals surface area (Å²) in [5, 5.41) is 14.6. The molecule has 8 heteroatoms. The second-order valence-electron chi connectivity index (χ2n) is 6.09. The molecule has 1 N–H and O–H groups in total. The number of aromatic nitrogens is 4. The van der Waals surface area contributed by atoms with Crippen LogP contribution in [0.1, 0.15) is 28.8 Å². The molecule has 0 spiro atoms. The summed E-state index contributed by atoms with van der Waals surface area (Å²) in [6.45, 7) is 1.69. The first kappa shape index (κ1) is 16.1. The van der Waals surface area contributed by atoms with Crippen LogP contribution >= 0.6 is 0 Å². The zero-order valence-corrected chi connectivity index (χ0v) is 13.8. The smallest absolute Gasteiger partial charge is 0.231 e. The summed E-state index contributed by atoms with van der Waals surface area (Å²) in [4.78, 5) is 25.4. The molecule has 1 aliphatic heterocycles. The van der Waals surface area contributed by atoms with Crippen molar-refractivity contribution in [2.75, 3.05) is 5.32 Å². The van der Waals surface area contributed by atoms with Crippen molar-refractivity contribution in [2.45, 2.75) is 19.4 Å². The summed E-state index contributed by atoms with van der Waals surface area (Å²) in [7, 11) is 0. The molecule has 1 amide bonds. The number of carbonyl (C=O) groups is 2. The lowest BCUT2D eigenvalue weighted by Gasteiger charge is -2.05. The SMILES string of the molecule is C[C@@H]1C(=O)Nc2ccc(C(=O)Cn3nnc(-c4cccc(F)c4)n3)cc21. The number of halogens is 1. The number of Topliss-reactive ketones (excluding diaryl/α,β-unsaturated/α-hetero) is 1. The van der Waals surface area contributed by atoms with Crippen LogP contribution in [0.5, 0.6) is 0 Å². The van der Waals surface area contributed by atoms with E-state index in [1.54, 1.807) is 37.3 Å². The Hall–Kier alpha value is -3.42. The van der Waals surface area contributed by atoms with Gasteiger partial charge in [0.25, 0.3) is 0 Å². The number of nitrogens with one attached hydrogen (secondary N) is 1. The molecule has 0 unspecified atom stereocenters. The van der Waals surface area contributed by atoms with E-state index in [9.17, 15) is 14.0 Å². The lowest BCUT2D eigenvalue weighted by Crippen LogP contribution is -2.13. The molecule has 1 atom stereocenters. The van der Waals surface area contributed by atoms with Crippen LogP contribution in [0.25, 0.3) is 11.4 Å². The topological polar surface area (TPSA) is 89.8 Å². The number of hydrogen-bond acceptors (Lipinski definition) is 5. The molecule has 1 aliphatic rings. The van der Waals surface area contributed by atoms with E-state index in [2.05, 4.69) is 20.7 Å². The van der Waals surface area contributed by atoms with Crippen LogP contribution in [0.4, 0.5) is 10.1 Å². The number of benzene rings is 2. The quantitative estimate of drug-likeness (QED) is 0.729. The van der Waals surface area contributed by atoms with Crippen molar-refractivity contribution in [2.24, 2.45) is 0 Å². The fourth-order valence-corrected chi connectivity index (χ4v) is 2.86. The van der Waals surface area contributed by atoms with Crippen LogP contribution in [-0.2, 0) is 11.3 Å². The largest absolute Gasteiger partial charge is 0.325 e. The van der Waals surface area contributed by atoms with Crippen LogP contribution < -0.4 is 5.32 Å². The Bertz CT molecular complexity index is 1030. The Kier molecular flexibility index (Phi) is 3.80. The van der Waals surface area contributed by atoms with Gasteiger partial charge in [-0.1, -0.05) is 12.1 Å². The molecule has 3 aromatic rings. The maximum Gasteiger partial charge on any atom is 0.231 e. The van der Waals surface area contributed by atoms with Gasteiger partial charge in [0.2, 0.25) is 11.7 Å². The summed E-state index contributed by atoms with van der Waals surface area (Å²) in [6.07, 6.45) is 0. The van der Waals surface area contributed by atoms with Crippen LogP contribution in [0.15, 0.2) is 42.5 Å².